The largest absolute Gasteiger partial charge is 1.00 e. The van der Waals surface area contributed by atoms with Crippen LogP contribution >= 0.6 is 70.4 Å². The van der Waals surface area contributed by atoms with E-state index in [1.54, 1.807) is 0 Å². The van der Waals surface area contributed by atoms with Crippen molar-refractivity contribution in [2.45, 2.75) is 104 Å². The molecule has 7 nitrogen and oxygen atoms in total. The first-order valence-electron chi connectivity index (χ1n) is 20.7. The van der Waals surface area contributed by atoms with Gasteiger partial charge >= 0.3 is 29.6 Å². The zero-order valence-electron chi connectivity index (χ0n) is 37.7. The third kappa shape index (κ3) is 11.6. The van der Waals surface area contributed by atoms with E-state index in [-0.39, 0.29) is 64.4 Å². The van der Waals surface area contributed by atoms with Crippen molar-refractivity contribution in [3.05, 3.63) is 137 Å². The van der Waals surface area contributed by atoms with Crippen LogP contribution < -0.4 is 39.6 Å². The van der Waals surface area contributed by atoms with E-state index < -0.39 is 5.97 Å². The number of rotatable bonds is 3. The quantitative estimate of drug-likeness (QED) is 0.108. The Morgan fingerprint density at radius 3 is 1.67 bits per heavy atom. The molecule has 2 atom stereocenters. The smallest absolute Gasteiger partial charge is 0.550 e. The second-order valence-electron chi connectivity index (χ2n) is 17.3. The minimum atomic E-state index is -1.08. The third-order valence-corrected chi connectivity index (χ3v) is 14.9. The van der Waals surface area contributed by atoms with Gasteiger partial charge in [-0.25, -0.2) is 4.58 Å². The first kappa shape index (κ1) is 54.9. The predicted octanol–water partition coefficient (Wildman–Crippen LogP) is 9.52. The zero-order chi connectivity index (χ0) is 45.0. The molecule has 0 spiro atoms. The maximum Gasteiger partial charge on any atom is 1.00 e. The molecule has 2 unspecified atom stereocenters. The van der Waals surface area contributed by atoms with Gasteiger partial charge in [-0.15, -0.1) is 24.0 Å². The van der Waals surface area contributed by atoms with E-state index in [4.69, 9.17) is 61.4 Å². The standard InChI is InChI=1S/C24H25Cl2NO.C12H12Cl2O2.C12H16N.C2H4O2.HI.Na/c1-24(2)18-6-4-5-7-19(18)27(3)20(24)13-12-16-10-8-15-9-11-17(14-28)23(26)21(15)22(16)25;13-11-8(5-15)3-1-7-2-4-9(6-16)12(14)10(7)11;1-9-12(2,3)10-7-5-6-8-11(10)13(9)4;1-2(3)4;;/h4-7,12-15H,8-11H2,1-3H3;5-7,15H,1-4H2;5-8H,1-4H3;1H3,(H,3,4);1H;/q;;+1;;;+1/p-1/b16-12+,20-13+;8-5+;;;;. The number of allylic oxidation sites excluding steroid dienone is 13. The monoisotopic (exact) mass is 1060 g/mol. The number of aldehydes is 2. The Morgan fingerprint density at radius 1 is 0.746 bits per heavy atom. The molecule has 13 heteroatoms. The minimum absolute atomic E-state index is 0. The second-order valence-corrected chi connectivity index (χ2v) is 18.8. The molecule has 332 valence electrons. The fourth-order valence-electron chi connectivity index (χ4n) is 9.30. The van der Waals surface area contributed by atoms with Gasteiger partial charge in [0.2, 0.25) is 5.69 Å². The first-order chi connectivity index (χ1) is 28.8. The molecule has 0 radical (unpaired) electrons. The Morgan fingerprint density at radius 2 is 1.19 bits per heavy atom. The molecule has 0 fully saturated rings. The Labute approximate surface area is 432 Å². The third-order valence-electron chi connectivity index (χ3n) is 13.1. The topological polar surface area (TPSA) is 101 Å². The van der Waals surface area contributed by atoms with Crippen molar-refractivity contribution in [1.29, 1.82) is 0 Å². The summed E-state index contributed by atoms with van der Waals surface area (Å²) in [5, 5.41) is 20.2. The number of aliphatic hydroxyl groups excluding tert-OH is 1. The van der Waals surface area contributed by atoms with Crippen molar-refractivity contribution in [2.75, 3.05) is 19.0 Å². The average molecular weight is 1060 g/mol. The number of aliphatic hydroxyl groups is 1. The number of para-hydroxylation sites is 2. The van der Waals surface area contributed by atoms with Gasteiger partial charge in [0.25, 0.3) is 0 Å². The van der Waals surface area contributed by atoms with Crippen LogP contribution in [0.3, 0.4) is 0 Å². The molecular weight excluding hydrogens is 1000 g/mol. The fraction of sp³-hybridized carbons (Fsp3) is 0.400. The Hall–Kier alpha value is -2.41. The number of aliphatic carboxylic acids is 1. The van der Waals surface area contributed by atoms with Crippen LogP contribution in [0.5, 0.6) is 0 Å². The molecule has 2 aliphatic heterocycles. The number of carboxylic acid groups (broad SMARTS) is 1. The van der Waals surface area contributed by atoms with Crippen LogP contribution in [0.4, 0.5) is 11.4 Å². The van der Waals surface area contributed by atoms with E-state index in [1.807, 2.05) is 0 Å². The van der Waals surface area contributed by atoms with Gasteiger partial charge in [-0.3, -0.25) is 9.59 Å². The fourth-order valence-corrected chi connectivity index (χ4v) is 11.0. The van der Waals surface area contributed by atoms with Gasteiger partial charge in [0.15, 0.2) is 5.71 Å². The van der Waals surface area contributed by atoms with Gasteiger partial charge in [-0.05, 0) is 118 Å². The summed E-state index contributed by atoms with van der Waals surface area (Å²) in [6.45, 7) is 12.3. The minimum Gasteiger partial charge on any atom is -0.550 e. The molecule has 63 heavy (non-hydrogen) atoms. The summed E-state index contributed by atoms with van der Waals surface area (Å²) in [6.07, 6.45) is 14.1. The molecule has 0 saturated carbocycles. The van der Waals surface area contributed by atoms with E-state index in [2.05, 4.69) is 119 Å². The summed E-state index contributed by atoms with van der Waals surface area (Å²) in [7, 11) is 4.26. The van der Waals surface area contributed by atoms with Crippen LogP contribution in [0.2, 0.25) is 0 Å². The summed E-state index contributed by atoms with van der Waals surface area (Å²) in [4.78, 5) is 33.3. The Balaban J connectivity index is 0.000000256. The maximum atomic E-state index is 11.3. The van der Waals surface area contributed by atoms with Crippen LogP contribution in [0.15, 0.2) is 126 Å². The van der Waals surface area contributed by atoms with E-state index in [0.29, 0.717) is 43.7 Å². The SMILES string of the molecule is CC(=O)[O-].CC1=[N+](C)c2ccccc2C1(C)C.CN1/C(=C/C=C2\CCC3CCC(C=O)=C(Cl)C3=C2Cl)C(C)(C)c2ccccc21.I.O=CC1=C(Cl)C2=C(Cl)/C(=C/O)CCC2CC1.[Na+]. The van der Waals surface area contributed by atoms with Crippen molar-refractivity contribution < 1.29 is 58.7 Å². The Bertz CT molecular complexity index is 2370. The molecule has 0 aromatic heterocycles. The molecule has 1 N–H and O–H groups in total. The molecule has 2 aromatic rings. The van der Waals surface area contributed by atoms with Gasteiger partial charge in [-0.2, -0.15) is 0 Å². The summed E-state index contributed by atoms with van der Waals surface area (Å²) >= 11 is 25.7. The van der Waals surface area contributed by atoms with Gasteiger partial charge < -0.3 is 19.9 Å². The number of fused-ring (bicyclic) bond motifs is 4. The summed E-state index contributed by atoms with van der Waals surface area (Å²) in [5.74, 6) is -0.393. The van der Waals surface area contributed by atoms with Crippen LogP contribution in [-0.2, 0) is 25.2 Å². The number of nitrogens with zero attached hydrogens (tertiary/aromatic N) is 2. The van der Waals surface area contributed by atoms with Crippen LogP contribution in [-0.4, -0.2) is 48.0 Å². The maximum absolute atomic E-state index is 11.3. The number of likely N-dealkylation sites (N-methyl/N-ethyl adjacent to an activating group) is 1. The number of hydrogen-bond acceptors (Lipinski definition) is 6. The van der Waals surface area contributed by atoms with Crippen molar-refractivity contribution in [1.82, 2.24) is 0 Å². The summed E-state index contributed by atoms with van der Waals surface area (Å²) in [5.41, 5.74) is 13.1. The molecule has 6 aliphatic rings. The van der Waals surface area contributed by atoms with Crippen molar-refractivity contribution in [3.8, 4) is 0 Å². The second kappa shape index (κ2) is 23.4. The molecular formula is C50H57Cl4IN2NaO5+. The molecule has 8 rings (SSSR count). The van der Waals surface area contributed by atoms with E-state index in [9.17, 15) is 9.59 Å². The summed E-state index contributed by atoms with van der Waals surface area (Å²) in [6, 6.07) is 17.2. The molecule has 4 aliphatic carbocycles. The van der Waals surface area contributed by atoms with Crippen LogP contribution in [0.25, 0.3) is 0 Å². The summed E-state index contributed by atoms with van der Waals surface area (Å²) < 4.78 is 2.29. The van der Waals surface area contributed by atoms with E-state index in [1.165, 1.54) is 33.9 Å². The van der Waals surface area contributed by atoms with Gasteiger partial charge in [0.05, 0.1) is 26.8 Å². The molecule has 0 amide bonds. The number of anilines is 1. The van der Waals surface area contributed by atoms with Crippen molar-refractivity contribution in [3.63, 3.8) is 0 Å². The van der Waals surface area contributed by atoms with E-state index in [0.717, 1.165) is 98.9 Å². The van der Waals surface area contributed by atoms with Crippen LogP contribution in [0, 0.1) is 11.8 Å². The molecule has 2 heterocycles. The molecule has 0 bridgehead atoms. The molecule has 0 saturated heterocycles. The number of carbonyl (C=O) groups is 3. The number of carboxylic acids is 1. The van der Waals surface area contributed by atoms with Gasteiger partial charge in [0, 0.05) is 70.1 Å². The van der Waals surface area contributed by atoms with Crippen molar-refractivity contribution >= 4 is 106 Å². The Kier molecular flexibility index (Phi) is 20.4. The molecule has 2 aromatic carbocycles. The predicted molar refractivity (Wildman–Crippen MR) is 264 cm³/mol. The zero-order valence-corrected chi connectivity index (χ0v) is 45.1. The van der Waals surface area contributed by atoms with E-state index >= 15 is 0 Å². The first-order valence-corrected chi connectivity index (χ1v) is 22.3. The van der Waals surface area contributed by atoms with Crippen LogP contribution in [0.1, 0.15) is 104 Å². The van der Waals surface area contributed by atoms with Gasteiger partial charge in [-0.1, -0.05) is 103 Å². The van der Waals surface area contributed by atoms with Gasteiger partial charge in [0.1, 0.15) is 19.6 Å². The number of carbonyl (C=O) groups excluding carboxylic acids is 3. The average Bonchev–Trinajstić information content (AvgIpc) is 3.54. The number of hydrogen-bond donors (Lipinski definition) is 1. The van der Waals surface area contributed by atoms with Crippen molar-refractivity contribution in [2.24, 2.45) is 11.8 Å². The number of halogens is 5. The number of benzene rings is 2. The normalized spacial score (nSPS) is 23.4.